The van der Waals surface area contributed by atoms with E-state index in [4.69, 9.17) is 16.3 Å². The normalized spacial score (nSPS) is 11.7. The van der Waals surface area contributed by atoms with Gasteiger partial charge in [0.1, 0.15) is 16.7 Å². The molecule has 1 aromatic carbocycles. The van der Waals surface area contributed by atoms with E-state index in [1.807, 2.05) is 4.90 Å². The van der Waals surface area contributed by atoms with Crippen LogP contribution in [-0.4, -0.2) is 36.0 Å². The number of likely N-dealkylation sites (N-methyl/N-ethyl adjacent to an activating group) is 1. The summed E-state index contributed by atoms with van der Waals surface area (Å²) in [5.41, 5.74) is 1.98. The smallest absolute Gasteiger partial charge is 0.416 e. The number of ether oxygens (including phenoxy) is 1. The minimum Gasteiger partial charge on any atom is -0.458 e. The summed E-state index contributed by atoms with van der Waals surface area (Å²) in [7, 11) is 1.79. The van der Waals surface area contributed by atoms with Gasteiger partial charge in [-0.05, 0) is 44.2 Å². The molecule has 0 amide bonds. The van der Waals surface area contributed by atoms with Crippen LogP contribution in [0.5, 0.6) is 5.75 Å². The van der Waals surface area contributed by atoms with Gasteiger partial charge >= 0.3 is 6.18 Å². The number of hydrogen-bond donors (Lipinski definition) is 1. The van der Waals surface area contributed by atoms with Crippen molar-refractivity contribution in [3.05, 3.63) is 83.5 Å². The Morgan fingerprint density at radius 1 is 1.21 bits per heavy atom. The van der Waals surface area contributed by atoms with Crippen LogP contribution < -0.4 is 9.64 Å². The zero-order valence-electron chi connectivity index (χ0n) is 18.6. The molecule has 0 aliphatic carbocycles. The van der Waals surface area contributed by atoms with Crippen molar-refractivity contribution in [3.8, 4) is 5.75 Å². The summed E-state index contributed by atoms with van der Waals surface area (Å²) in [6, 6.07) is 6.03. The van der Waals surface area contributed by atoms with Gasteiger partial charge in [-0.25, -0.2) is 4.98 Å². The number of allylic oxidation sites excluding steroid dienone is 2. The van der Waals surface area contributed by atoms with E-state index in [0.29, 0.717) is 29.1 Å². The van der Waals surface area contributed by atoms with Gasteiger partial charge in [0.25, 0.3) is 0 Å². The largest absolute Gasteiger partial charge is 0.458 e. The van der Waals surface area contributed by atoms with E-state index < -0.39 is 11.7 Å². The molecule has 5 nitrogen and oxygen atoms in total. The number of nitrogens with zero attached hydrogens (tertiary/aromatic N) is 3. The van der Waals surface area contributed by atoms with E-state index in [0.717, 1.165) is 17.8 Å². The fourth-order valence-electron chi connectivity index (χ4n) is 2.90. The number of anilines is 1. The monoisotopic (exact) mass is 479 g/mol. The molecule has 0 bridgehead atoms. The van der Waals surface area contributed by atoms with Crippen LogP contribution in [0.25, 0.3) is 5.57 Å². The SMILES string of the molecule is C=C(/C=C(\N=C(C)C)C(=C)c1c(N(C)CCO)ccnc1Cl)Oc1ccc(C(F)(F)F)cc1. The van der Waals surface area contributed by atoms with Gasteiger partial charge in [-0.1, -0.05) is 24.8 Å². The summed E-state index contributed by atoms with van der Waals surface area (Å²) in [5.74, 6) is 0.329. The average Bonchev–Trinajstić information content (AvgIpc) is 2.72. The second-order valence-corrected chi connectivity index (χ2v) is 7.66. The summed E-state index contributed by atoms with van der Waals surface area (Å²) in [4.78, 5) is 10.4. The first-order valence-electron chi connectivity index (χ1n) is 9.87. The Morgan fingerprint density at radius 3 is 2.39 bits per heavy atom. The third-order valence-electron chi connectivity index (χ3n) is 4.41. The molecule has 0 atom stereocenters. The standard InChI is InChI=1S/C24H25ClF3N3O2/c1-15(2)30-20(14-16(3)33-19-8-6-18(7-9-19)24(26,27)28)17(4)22-21(31(5)12-13-32)10-11-29-23(22)25/h6-11,14,32H,3-4,12-13H2,1-2,5H3/b20-14-. The Kier molecular flexibility index (Phi) is 8.84. The lowest BCUT2D eigenvalue weighted by Crippen LogP contribution is -2.22. The molecule has 9 heteroatoms. The Bertz CT molecular complexity index is 1070. The molecule has 176 valence electrons. The molecule has 0 fully saturated rings. The molecule has 0 saturated carbocycles. The number of hydrogen-bond acceptors (Lipinski definition) is 5. The Hall–Kier alpha value is -3.10. The maximum atomic E-state index is 12.8. The fraction of sp³-hybridized carbons (Fsp3) is 0.250. The highest BCUT2D eigenvalue weighted by molar-refractivity contribution is 6.32. The Labute approximate surface area is 196 Å². The summed E-state index contributed by atoms with van der Waals surface area (Å²) in [5, 5.41) is 9.51. The highest BCUT2D eigenvalue weighted by atomic mass is 35.5. The highest BCUT2D eigenvalue weighted by Gasteiger charge is 2.30. The van der Waals surface area contributed by atoms with Gasteiger partial charge < -0.3 is 14.7 Å². The summed E-state index contributed by atoms with van der Waals surface area (Å²) in [6.07, 6.45) is -1.36. The summed E-state index contributed by atoms with van der Waals surface area (Å²) in [6.45, 7) is 11.9. The lowest BCUT2D eigenvalue weighted by atomic mass is 10.0. The van der Waals surface area contributed by atoms with Crippen LogP contribution in [0.4, 0.5) is 18.9 Å². The van der Waals surface area contributed by atoms with Gasteiger partial charge in [0, 0.05) is 48.4 Å². The molecule has 0 saturated heterocycles. The third kappa shape index (κ3) is 7.20. The number of aliphatic hydroxyl groups excluding tert-OH is 1. The highest BCUT2D eigenvalue weighted by Crippen LogP contribution is 2.36. The number of rotatable bonds is 9. The van der Waals surface area contributed by atoms with Gasteiger partial charge in [0.05, 0.1) is 17.9 Å². The van der Waals surface area contributed by atoms with Gasteiger partial charge in [-0.3, -0.25) is 4.99 Å². The zero-order valence-corrected chi connectivity index (χ0v) is 19.3. The van der Waals surface area contributed by atoms with Gasteiger partial charge in [-0.15, -0.1) is 0 Å². The van der Waals surface area contributed by atoms with Gasteiger partial charge in [0.2, 0.25) is 0 Å². The number of halogens is 4. The number of aromatic nitrogens is 1. The molecular weight excluding hydrogens is 455 g/mol. The number of alkyl halides is 3. The summed E-state index contributed by atoms with van der Waals surface area (Å²) < 4.78 is 43.9. The maximum absolute atomic E-state index is 12.8. The van der Waals surface area contributed by atoms with Crippen LogP contribution in [0, 0.1) is 0 Å². The zero-order chi connectivity index (χ0) is 24.8. The molecule has 33 heavy (non-hydrogen) atoms. The predicted octanol–water partition coefficient (Wildman–Crippen LogP) is 6.15. The molecule has 1 heterocycles. The molecular formula is C24H25ClF3N3O2. The summed E-state index contributed by atoms with van der Waals surface area (Å²) >= 11 is 6.38. The van der Waals surface area contributed by atoms with E-state index in [2.05, 4.69) is 23.1 Å². The first-order chi connectivity index (χ1) is 15.4. The first-order valence-corrected chi connectivity index (χ1v) is 10.3. The van der Waals surface area contributed by atoms with Gasteiger partial charge in [-0.2, -0.15) is 13.2 Å². The molecule has 0 aliphatic heterocycles. The lowest BCUT2D eigenvalue weighted by molar-refractivity contribution is -0.137. The molecule has 0 unspecified atom stereocenters. The molecule has 2 rings (SSSR count). The van der Waals surface area contributed by atoms with Crippen LogP contribution in [0.3, 0.4) is 0 Å². The van der Waals surface area contributed by atoms with Gasteiger partial charge in [0.15, 0.2) is 0 Å². The molecule has 1 aromatic heterocycles. The first kappa shape index (κ1) is 26.2. The minimum atomic E-state index is -4.43. The van der Waals surface area contributed by atoms with Crippen LogP contribution in [0.1, 0.15) is 25.0 Å². The van der Waals surface area contributed by atoms with Crippen molar-refractivity contribution in [1.82, 2.24) is 4.98 Å². The molecule has 0 spiro atoms. The number of benzene rings is 1. The molecule has 0 aliphatic rings. The van der Waals surface area contributed by atoms with E-state index in [1.54, 1.807) is 33.2 Å². The van der Waals surface area contributed by atoms with Crippen molar-refractivity contribution in [3.63, 3.8) is 0 Å². The number of aliphatic hydroxyl groups is 1. The second kappa shape index (κ2) is 11.2. The van der Waals surface area contributed by atoms with Crippen LogP contribution in [-0.2, 0) is 6.18 Å². The van der Waals surface area contributed by atoms with Crippen molar-refractivity contribution >= 4 is 28.6 Å². The molecule has 0 radical (unpaired) electrons. The van der Waals surface area contributed by atoms with E-state index in [-0.39, 0.29) is 23.3 Å². The average molecular weight is 480 g/mol. The molecule has 1 N–H and O–H groups in total. The maximum Gasteiger partial charge on any atom is 0.416 e. The Morgan fingerprint density at radius 2 is 1.85 bits per heavy atom. The fourth-order valence-corrected chi connectivity index (χ4v) is 3.16. The van der Waals surface area contributed by atoms with Crippen LogP contribution in [0.2, 0.25) is 5.15 Å². The third-order valence-corrected chi connectivity index (χ3v) is 4.70. The van der Waals surface area contributed by atoms with Crippen LogP contribution in [0.15, 0.2) is 72.2 Å². The molecule has 2 aromatic rings. The minimum absolute atomic E-state index is 0.0605. The number of aliphatic imine (C=N–C) groups is 1. The quantitative estimate of drug-likeness (QED) is 0.203. The van der Waals surface area contributed by atoms with E-state index in [9.17, 15) is 18.3 Å². The van der Waals surface area contributed by atoms with Crippen molar-refractivity contribution in [2.75, 3.05) is 25.1 Å². The van der Waals surface area contributed by atoms with Crippen molar-refractivity contribution in [2.24, 2.45) is 4.99 Å². The van der Waals surface area contributed by atoms with E-state index in [1.165, 1.54) is 18.2 Å². The predicted molar refractivity (Wildman–Crippen MR) is 127 cm³/mol. The van der Waals surface area contributed by atoms with Crippen molar-refractivity contribution in [2.45, 2.75) is 20.0 Å². The van der Waals surface area contributed by atoms with Crippen molar-refractivity contribution < 1.29 is 23.0 Å². The lowest BCUT2D eigenvalue weighted by Gasteiger charge is -2.23. The Balaban J connectivity index is 2.39. The van der Waals surface area contributed by atoms with Crippen molar-refractivity contribution in [1.29, 1.82) is 0 Å². The number of pyridine rings is 1. The second-order valence-electron chi connectivity index (χ2n) is 7.30. The van der Waals surface area contributed by atoms with E-state index >= 15 is 0 Å². The van der Waals surface area contributed by atoms with Crippen LogP contribution >= 0.6 is 11.6 Å². The topological polar surface area (TPSA) is 58.0 Å².